The van der Waals surface area contributed by atoms with E-state index in [-0.39, 0.29) is 11.8 Å². The van der Waals surface area contributed by atoms with E-state index in [0.717, 1.165) is 12.1 Å². The van der Waals surface area contributed by atoms with Gasteiger partial charge in [0.05, 0.1) is 6.04 Å². The molecule has 2 nitrogen and oxygen atoms in total. The van der Waals surface area contributed by atoms with Crippen LogP contribution < -0.4 is 0 Å². The van der Waals surface area contributed by atoms with E-state index in [9.17, 15) is 4.79 Å². The van der Waals surface area contributed by atoms with Crippen LogP contribution in [-0.4, -0.2) is 29.3 Å². The van der Waals surface area contributed by atoms with Crippen molar-refractivity contribution in [1.82, 2.24) is 4.90 Å². The Kier molecular flexibility index (Phi) is 4.41. The number of carbonyl (C=O) groups is 1. The lowest BCUT2D eigenvalue weighted by molar-refractivity contribution is 0.0701. The fraction of sp³-hybridized carbons (Fsp3) is 0.533. The van der Waals surface area contributed by atoms with E-state index in [0.29, 0.717) is 11.1 Å². The van der Waals surface area contributed by atoms with Crippen molar-refractivity contribution in [3.63, 3.8) is 0 Å². The quantitative estimate of drug-likeness (QED) is 0.775. The lowest BCUT2D eigenvalue weighted by Crippen LogP contribution is -2.47. The molecule has 2 unspecified atom stereocenters. The average molecular weight is 266 g/mol. The van der Waals surface area contributed by atoms with E-state index in [4.69, 9.17) is 11.6 Å². The molecule has 0 radical (unpaired) electrons. The van der Waals surface area contributed by atoms with Gasteiger partial charge in [0, 0.05) is 16.6 Å². The van der Waals surface area contributed by atoms with Gasteiger partial charge in [-0.15, -0.1) is 0 Å². The first-order valence-electron chi connectivity index (χ1n) is 6.65. The van der Waals surface area contributed by atoms with Crippen molar-refractivity contribution < 1.29 is 4.79 Å². The summed E-state index contributed by atoms with van der Waals surface area (Å²) in [5.74, 6) is 0.195. The normalized spacial score (nSPS) is 22.7. The molecule has 98 valence electrons. The molecule has 2 rings (SSSR count). The molecule has 0 amide bonds. The van der Waals surface area contributed by atoms with Gasteiger partial charge in [0.1, 0.15) is 0 Å². The molecule has 3 heteroatoms. The van der Waals surface area contributed by atoms with Gasteiger partial charge < -0.3 is 0 Å². The van der Waals surface area contributed by atoms with Crippen molar-refractivity contribution in [2.24, 2.45) is 0 Å². The summed E-state index contributed by atoms with van der Waals surface area (Å²) in [5.41, 5.74) is 0.754. The van der Waals surface area contributed by atoms with Crippen LogP contribution in [0.25, 0.3) is 0 Å². The van der Waals surface area contributed by atoms with Crippen LogP contribution in [0.5, 0.6) is 0 Å². The van der Waals surface area contributed by atoms with Crippen molar-refractivity contribution >= 4 is 17.4 Å². The first-order valence-corrected chi connectivity index (χ1v) is 7.03. The Morgan fingerprint density at radius 1 is 1.33 bits per heavy atom. The second-order valence-electron chi connectivity index (χ2n) is 5.13. The highest BCUT2D eigenvalue weighted by Gasteiger charge is 2.28. The van der Waals surface area contributed by atoms with Gasteiger partial charge in [-0.1, -0.05) is 18.0 Å². The van der Waals surface area contributed by atoms with Gasteiger partial charge in [-0.05, 0) is 57.5 Å². The summed E-state index contributed by atoms with van der Waals surface area (Å²) < 4.78 is 0. The number of nitrogens with zero attached hydrogens (tertiary/aromatic N) is 1. The Hall–Kier alpha value is -0.860. The molecule has 2 atom stereocenters. The molecule has 0 N–H and O–H groups in total. The summed E-state index contributed by atoms with van der Waals surface area (Å²) in [6.45, 7) is 5.26. The van der Waals surface area contributed by atoms with Crippen molar-refractivity contribution in [3.05, 3.63) is 34.9 Å². The maximum Gasteiger partial charge on any atom is 0.179 e. The Labute approximate surface area is 114 Å². The summed E-state index contributed by atoms with van der Waals surface area (Å²) >= 11 is 5.85. The summed E-state index contributed by atoms with van der Waals surface area (Å²) in [4.78, 5) is 14.7. The smallest absolute Gasteiger partial charge is 0.179 e. The number of Topliss-reactive ketones (excluding diaryl/α,β-unsaturated/α-hetero) is 1. The van der Waals surface area contributed by atoms with Crippen LogP contribution in [0.2, 0.25) is 5.02 Å². The van der Waals surface area contributed by atoms with Gasteiger partial charge in [-0.3, -0.25) is 9.69 Å². The minimum Gasteiger partial charge on any atom is -0.292 e. The summed E-state index contributed by atoms with van der Waals surface area (Å²) in [6.07, 6.45) is 3.67. The van der Waals surface area contributed by atoms with E-state index in [1.807, 2.05) is 19.1 Å². The third-order valence-electron chi connectivity index (χ3n) is 3.86. The molecular weight excluding hydrogens is 246 g/mol. The molecule has 1 aliphatic heterocycles. The maximum absolute atomic E-state index is 12.4. The van der Waals surface area contributed by atoms with Gasteiger partial charge in [0.2, 0.25) is 0 Å². The number of hydrogen-bond donors (Lipinski definition) is 0. The number of rotatable bonds is 3. The number of piperidine rings is 1. The predicted molar refractivity (Wildman–Crippen MR) is 75.3 cm³/mol. The zero-order chi connectivity index (χ0) is 13.1. The van der Waals surface area contributed by atoms with Crippen molar-refractivity contribution in [2.75, 3.05) is 6.54 Å². The summed E-state index contributed by atoms with van der Waals surface area (Å²) in [5, 5.41) is 0.672. The topological polar surface area (TPSA) is 20.3 Å². The molecule has 1 aromatic carbocycles. The fourth-order valence-electron chi connectivity index (χ4n) is 2.70. The molecule has 1 aliphatic rings. The van der Waals surface area contributed by atoms with E-state index in [1.165, 1.54) is 19.3 Å². The number of ketones is 1. The molecular formula is C15H20ClNO. The van der Waals surface area contributed by atoms with E-state index in [1.54, 1.807) is 12.1 Å². The lowest BCUT2D eigenvalue weighted by atomic mass is 9.97. The highest BCUT2D eigenvalue weighted by Crippen LogP contribution is 2.21. The van der Waals surface area contributed by atoms with Crippen LogP contribution >= 0.6 is 11.6 Å². The summed E-state index contributed by atoms with van der Waals surface area (Å²) in [7, 11) is 0. The molecule has 0 spiro atoms. The van der Waals surface area contributed by atoms with Crippen LogP contribution in [0.1, 0.15) is 43.5 Å². The highest BCUT2D eigenvalue weighted by molar-refractivity contribution is 6.30. The largest absolute Gasteiger partial charge is 0.292 e. The second kappa shape index (κ2) is 5.85. The Morgan fingerprint density at radius 3 is 2.61 bits per heavy atom. The van der Waals surface area contributed by atoms with Gasteiger partial charge >= 0.3 is 0 Å². The zero-order valence-corrected chi connectivity index (χ0v) is 11.8. The minimum atomic E-state index is -0.0403. The third kappa shape index (κ3) is 2.93. The van der Waals surface area contributed by atoms with Gasteiger partial charge in [-0.2, -0.15) is 0 Å². The second-order valence-corrected chi connectivity index (χ2v) is 5.57. The number of carbonyl (C=O) groups excluding carboxylic acids is 1. The maximum atomic E-state index is 12.4. The standard InChI is InChI=1S/C15H20ClNO/c1-11-5-3-4-10-17(11)12(2)15(18)13-6-8-14(16)9-7-13/h6-9,11-12H,3-5,10H2,1-2H3. The molecule has 0 aliphatic carbocycles. The fourth-order valence-corrected chi connectivity index (χ4v) is 2.83. The molecule has 0 saturated carbocycles. The van der Waals surface area contributed by atoms with Crippen LogP contribution in [0.3, 0.4) is 0 Å². The van der Waals surface area contributed by atoms with Gasteiger partial charge in [0.15, 0.2) is 5.78 Å². The molecule has 1 saturated heterocycles. The summed E-state index contributed by atoms with van der Waals surface area (Å²) in [6, 6.07) is 7.65. The van der Waals surface area contributed by atoms with Crippen LogP contribution in [0.15, 0.2) is 24.3 Å². The Morgan fingerprint density at radius 2 is 2.00 bits per heavy atom. The predicted octanol–water partition coefficient (Wildman–Crippen LogP) is 3.79. The van der Waals surface area contributed by atoms with E-state index >= 15 is 0 Å². The van der Waals surface area contributed by atoms with Crippen molar-refractivity contribution in [1.29, 1.82) is 0 Å². The van der Waals surface area contributed by atoms with Gasteiger partial charge in [-0.25, -0.2) is 0 Å². The number of likely N-dealkylation sites (tertiary alicyclic amines) is 1. The zero-order valence-electron chi connectivity index (χ0n) is 11.0. The SMILES string of the molecule is CC1CCCCN1C(C)C(=O)c1ccc(Cl)cc1. The third-order valence-corrected chi connectivity index (χ3v) is 4.11. The number of hydrogen-bond acceptors (Lipinski definition) is 2. The number of benzene rings is 1. The Balaban J connectivity index is 2.10. The molecule has 1 heterocycles. The van der Waals surface area contributed by atoms with E-state index in [2.05, 4.69) is 11.8 Å². The molecule has 1 fully saturated rings. The number of halogens is 1. The first kappa shape index (κ1) is 13.6. The first-order chi connectivity index (χ1) is 8.59. The van der Waals surface area contributed by atoms with Crippen molar-refractivity contribution in [2.45, 2.75) is 45.2 Å². The van der Waals surface area contributed by atoms with Crippen LogP contribution in [0.4, 0.5) is 0 Å². The lowest BCUT2D eigenvalue weighted by Gasteiger charge is -2.37. The monoisotopic (exact) mass is 265 g/mol. The van der Waals surface area contributed by atoms with Gasteiger partial charge in [0.25, 0.3) is 0 Å². The van der Waals surface area contributed by atoms with E-state index < -0.39 is 0 Å². The average Bonchev–Trinajstić information content (AvgIpc) is 2.38. The molecule has 18 heavy (non-hydrogen) atoms. The van der Waals surface area contributed by atoms with Crippen LogP contribution in [0, 0.1) is 0 Å². The minimum absolute atomic E-state index is 0.0403. The highest BCUT2D eigenvalue weighted by atomic mass is 35.5. The Bertz CT molecular complexity index is 415. The van der Waals surface area contributed by atoms with Crippen LogP contribution in [-0.2, 0) is 0 Å². The molecule has 0 bridgehead atoms. The van der Waals surface area contributed by atoms with Crippen molar-refractivity contribution in [3.8, 4) is 0 Å². The molecule has 0 aromatic heterocycles. The molecule has 1 aromatic rings.